The molecule has 0 saturated heterocycles. The molecule has 0 fully saturated rings. The number of amides is 2. The molecule has 0 aromatic heterocycles. The highest BCUT2D eigenvalue weighted by Crippen LogP contribution is 2.54. The summed E-state index contributed by atoms with van der Waals surface area (Å²) in [6.45, 7) is 0.781. The first kappa shape index (κ1) is 27.2. The first-order valence-electron chi connectivity index (χ1n) is 14.1. The Hall–Kier alpha value is -4.64. The molecule has 7 rings (SSSR count). The molecule has 6 heteroatoms. The van der Waals surface area contributed by atoms with E-state index in [1.807, 2.05) is 60.7 Å². The van der Waals surface area contributed by atoms with Crippen molar-refractivity contribution in [3.05, 3.63) is 155 Å². The quantitative estimate of drug-likeness (QED) is 0.188. The van der Waals surface area contributed by atoms with E-state index in [9.17, 15) is 9.59 Å². The Balaban J connectivity index is 1.09. The van der Waals surface area contributed by atoms with Gasteiger partial charge in [-0.25, -0.2) is 0 Å². The first-order valence-corrected chi connectivity index (χ1v) is 14.8. The maximum atomic E-state index is 13.2. The van der Waals surface area contributed by atoms with Crippen LogP contribution in [-0.4, -0.2) is 11.8 Å². The highest BCUT2D eigenvalue weighted by Gasteiger charge is 2.41. The lowest BCUT2D eigenvalue weighted by Crippen LogP contribution is -2.23. The van der Waals surface area contributed by atoms with Crippen molar-refractivity contribution in [3.63, 3.8) is 0 Å². The summed E-state index contributed by atoms with van der Waals surface area (Å²) in [7, 11) is 0. The smallest absolute Gasteiger partial charge is 0.251 e. The summed E-state index contributed by atoms with van der Waals surface area (Å²) in [5.74, 6) is -0.436. The SMILES string of the molecule is O=C(NCc1cccc2ccccc12)c1ccc2c(c1)C(Cl)(Cl)c1cc(C(=O)NCc3cccc4ccccc34)ccc1-2. The van der Waals surface area contributed by atoms with Crippen molar-refractivity contribution in [2.45, 2.75) is 17.4 Å². The summed E-state index contributed by atoms with van der Waals surface area (Å²) >= 11 is 13.9. The Morgan fingerprint density at radius 2 is 0.953 bits per heavy atom. The van der Waals surface area contributed by atoms with E-state index in [0.29, 0.717) is 35.3 Å². The average molecular weight is 602 g/mol. The summed E-state index contributed by atoms with van der Waals surface area (Å²) in [6.07, 6.45) is 0. The number of carbonyl (C=O) groups excluding carboxylic acids is 2. The number of carbonyl (C=O) groups is 2. The van der Waals surface area contributed by atoms with Gasteiger partial charge < -0.3 is 10.6 Å². The molecule has 0 radical (unpaired) electrons. The minimum absolute atomic E-state index is 0.218. The van der Waals surface area contributed by atoms with E-state index in [0.717, 1.165) is 43.8 Å². The van der Waals surface area contributed by atoms with Crippen molar-refractivity contribution < 1.29 is 9.59 Å². The molecule has 43 heavy (non-hydrogen) atoms. The monoisotopic (exact) mass is 600 g/mol. The summed E-state index contributed by atoms with van der Waals surface area (Å²) in [5, 5.41) is 10.5. The predicted octanol–water partition coefficient (Wildman–Crippen LogP) is 8.51. The van der Waals surface area contributed by atoms with Crippen LogP contribution >= 0.6 is 23.2 Å². The molecule has 4 nitrogen and oxygen atoms in total. The second kappa shape index (κ2) is 10.9. The van der Waals surface area contributed by atoms with Crippen LogP contribution in [0.1, 0.15) is 43.0 Å². The molecule has 6 aromatic rings. The van der Waals surface area contributed by atoms with Crippen LogP contribution in [0.5, 0.6) is 0 Å². The van der Waals surface area contributed by atoms with Crippen molar-refractivity contribution in [2.75, 3.05) is 0 Å². The van der Waals surface area contributed by atoms with Gasteiger partial charge in [0.05, 0.1) is 0 Å². The Morgan fingerprint density at radius 3 is 1.42 bits per heavy atom. The van der Waals surface area contributed by atoms with Crippen LogP contribution in [0.15, 0.2) is 121 Å². The van der Waals surface area contributed by atoms with Gasteiger partial charge in [-0.1, -0.05) is 120 Å². The lowest BCUT2D eigenvalue weighted by atomic mass is 10.0. The van der Waals surface area contributed by atoms with E-state index in [1.165, 1.54) is 0 Å². The van der Waals surface area contributed by atoms with Gasteiger partial charge in [0.1, 0.15) is 0 Å². The zero-order valence-corrected chi connectivity index (χ0v) is 24.5. The third-order valence-electron chi connectivity index (χ3n) is 8.17. The van der Waals surface area contributed by atoms with Crippen LogP contribution in [-0.2, 0) is 17.4 Å². The zero-order valence-electron chi connectivity index (χ0n) is 23.0. The molecule has 2 N–H and O–H groups in total. The number of halogens is 2. The molecular formula is C37H26Cl2N2O2. The van der Waals surface area contributed by atoms with E-state index in [-0.39, 0.29) is 11.8 Å². The van der Waals surface area contributed by atoms with E-state index in [4.69, 9.17) is 23.2 Å². The Kier molecular flexibility index (Phi) is 6.89. The molecular weight excluding hydrogens is 575 g/mol. The van der Waals surface area contributed by atoms with E-state index < -0.39 is 4.33 Å². The minimum atomic E-state index is -1.41. The fraction of sp³-hybridized carbons (Fsp3) is 0.0811. The van der Waals surface area contributed by atoms with Gasteiger partial charge in [-0.05, 0) is 68.1 Å². The second-order valence-corrected chi connectivity index (χ2v) is 12.1. The van der Waals surface area contributed by atoms with Crippen LogP contribution < -0.4 is 10.6 Å². The van der Waals surface area contributed by atoms with Crippen LogP contribution in [0.4, 0.5) is 0 Å². The highest BCUT2D eigenvalue weighted by molar-refractivity contribution is 6.51. The summed E-state index contributed by atoms with van der Waals surface area (Å²) in [5.41, 5.74) is 5.93. The molecule has 6 aromatic carbocycles. The van der Waals surface area contributed by atoms with Gasteiger partial charge in [0, 0.05) is 35.3 Å². The molecule has 0 saturated carbocycles. The minimum Gasteiger partial charge on any atom is -0.348 e. The van der Waals surface area contributed by atoms with Crippen LogP contribution in [0.2, 0.25) is 0 Å². The Labute approximate surface area is 259 Å². The number of nitrogens with one attached hydrogen (secondary N) is 2. The lowest BCUT2D eigenvalue weighted by molar-refractivity contribution is 0.0943. The van der Waals surface area contributed by atoms with Gasteiger partial charge in [0.25, 0.3) is 11.8 Å². The Morgan fingerprint density at radius 1 is 0.535 bits per heavy atom. The topological polar surface area (TPSA) is 58.2 Å². The van der Waals surface area contributed by atoms with Crippen molar-refractivity contribution >= 4 is 56.6 Å². The van der Waals surface area contributed by atoms with E-state index in [1.54, 1.807) is 24.3 Å². The normalized spacial score (nSPS) is 13.0. The number of alkyl halides is 2. The maximum absolute atomic E-state index is 13.2. The number of hydrogen-bond acceptors (Lipinski definition) is 2. The standard InChI is InChI=1S/C37H26Cl2N2O2/c38-37(39)33-19-25(35(42)40-21-27-11-5-9-23-7-1-3-13-29(23)27)15-17-31(33)32-18-16-26(20-34(32)37)36(43)41-22-28-12-6-10-24-8-2-4-14-30(24)28/h1-20H,21-22H2,(H,40,42)(H,41,43). The molecule has 0 unspecified atom stereocenters. The molecule has 2 amide bonds. The van der Waals surface area contributed by atoms with Gasteiger partial charge in [-0.15, -0.1) is 0 Å². The molecule has 0 aliphatic heterocycles. The molecule has 210 valence electrons. The first-order chi connectivity index (χ1) is 20.9. The second-order valence-electron chi connectivity index (χ2n) is 10.7. The molecule has 0 heterocycles. The number of rotatable bonds is 6. The Bertz CT molecular complexity index is 1910. The van der Waals surface area contributed by atoms with Crippen molar-refractivity contribution in [3.8, 4) is 11.1 Å². The van der Waals surface area contributed by atoms with E-state index >= 15 is 0 Å². The van der Waals surface area contributed by atoms with Crippen LogP contribution in [0.3, 0.4) is 0 Å². The van der Waals surface area contributed by atoms with Crippen molar-refractivity contribution in [1.29, 1.82) is 0 Å². The number of hydrogen-bond donors (Lipinski definition) is 2. The van der Waals surface area contributed by atoms with Crippen molar-refractivity contribution in [1.82, 2.24) is 10.6 Å². The van der Waals surface area contributed by atoms with Gasteiger partial charge >= 0.3 is 0 Å². The molecule has 1 aliphatic carbocycles. The van der Waals surface area contributed by atoms with E-state index in [2.05, 4.69) is 47.0 Å². The summed E-state index contributed by atoms with van der Waals surface area (Å²) in [4.78, 5) is 26.4. The molecule has 0 bridgehead atoms. The maximum Gasteiger partial charge on any atom is 0.251 e. The molecule has 1 aliphatic rings. The summed E-state index contributed by atoms with van der Waals surface area (Å²) in [6, 6.07) is 39.1. The number of fused-ring (bicyclic) bond motifs is 5. The van der Waals surface area contributed by atoms with Gasteiger partial charge in [0.15, 0.2) is 4.33 Å². The third kappa shape index (κ3) is 4.93. The average Bonchev–Trinajstić information content (AvgIpc) is 3.27. The number of benzene rings is 6. The van der Waals surface area contributed by atoms with Gasteiger partial charge in [0.2, 0.25) is 0 Å². The lowest BCUT2D eigenvalue weighted by Gasteiger charge is -2.17. The van der Waals surface area contributed by atoms with Gasteiger partial charge in [-0.2, -0.15) is 0 Å². The largest absolute Gasteiger partial charge is 0.348 e. The fourth-order valence-electron chi connectivity index (χ4n) is 5.95. The zero-order chi connectivity index (χ0) is 29.6. The van der Waals surface area contributed by atoms with Gasteiger partial charge in [-0.3, -0.25) is 9.59 Å². The predicted molar refractivity (Wildman–Crippen MR) is 175 cm³/mol. The third-order valence-corrected chi connectivity index (χ3v) is 8.98. The van der Waals surface area contributed by atoms with Crippen LogP contribution in [0, 0.1) is 0 Å². The molecule has 0 spiro atoms. The van der Waals surface area contributed by atoms with Crippen LogP contribution in [0.25, 0.3) is 32.7 Å². The summed E-state index contributed by atoms with van der Waals surface area (Å²) < 4.78 is -1.41. The molecule has 0 atom stereocenters. The highest BCUT2D eigenvalue weighted by atomic mass is 35.5. The fourth-order valence-corrected chi connectivity index (χ4v) is 6.58. The van der Waals surface area contributed by atoms with Crippen molar-refractivity contribution in [2.24, 2.45) is 0 Å².